The summed E-state index contributed by atoms with van der Waals surface area (Å²) in [7, 11) is 0. The Labute approximate surface area is 122 Å². The molecule has 1 aromatic carbocycles. The van der Waals surface area contributed by atoms with E-state index in [-0.39, 0.29) is 0 Å². The predicted octanol–water partition coefficient (Wildman–Crippen LogP) is 4.26. The van der Waals surface area contributed by atoms with Gasteiger partial charge in [-0.05, 0) is 37.6 Å². The third-order valence-electron chi connectivity index (χ3n) is 2.75. The van der Waals surface area contributed by atoms with Crippen molar-refractivity contribution in [2.75, 3.05) is 0 Å². The molecule has 0 saturated heterocycles. The summed E-state index contributed by atoms with van der Waals surface area (Å²) in [4.78, 5) is 4.37. The number of halogens is 2. The summed E-state index contributed by atoms with van der Waals surface area (Å²) in [5.41, 5.74) is 8.57. The van der Waals surface area contributed by atoms with E-state index >= 15 is 0 Å². The summed E-state index contributed by atoms with van der Waals surface area (Å²) in [5.74, 6) is 1.10. The van der Waals surface area contributed by atoms with E-state index in [0.717, 1.165) is 16.8 Å². The van der Waals surface area contributed by atoms with E-state index in [1.54, 1.807) is 18.2 Å². The van der Waals surface area contributed by atoms with Crippen molar-refractivity contribution >= 4 is 23.2 Å². The molecule has 0 unspecified atom stereocenters. The molecule has 0 fully saturated rings. The molecule has 2 N–H and O–H groups in total. The molecular formula is C14H14Cl2N2O. The molecular weight excluding hydrogens is 283 g/mol. The summed E-state index contributed by atoms with van der Waals surface area (Å²) >= 11 is 11.8. The van der Waals surface area contributed by atoms with Gasteiger partial charge in [-0.1, -0.05) is 23.2 Å². The maximum atomic E-state index is 5.96. The third-order valence-corrected chi connectivity index (χ3v) is 3.49. The Morgan fingerprint density at radius 3 is 2.53 bits per heavy atom. The number of hydrogen-bond acceptors (Lipinski definition) is 3. The van der Waals surface area contributed by atoms with Crippen LogP contribution >= 0.6 is 23.2 Å². The van der Waals surface area contributed by atoms with Gasteiger partial charge in [0.25, 0.3) is 0 Å². The van der Waals surface area contributed by atoms with E-state index in [0.29, 0.717) is 28.2 Å². The van der Waals surface area contributed by atoms with Crippen LogP contribution in [0.5, 0.6) is 11.6 Å². The lowest BCUT2D eigenvalue weighted by Crippen LogP contribution is -2.05. The molecule has 5 heteroatoms. The number of aromatic nitrogens is 1. The number of benzene rings is 1. The second kappa shape index (κ2) is 5.78. The quantitative estimate of drug-likeness (QED) is 0.921. The van der Waals surface area contributed by atoms with Crippen LogP contribution in [0.15, 0.2) is 24.3 Å². The van der Waals surface area contributed by atoms with Crippen LogP contribution in [0.2, 0.25) is 10.0 Å². The fourth-order valence-corrected chi connectivity index (χ4v) is 2.10. The summed E-state index contributed by atoms with van der Waals surface area (Å²) in [6.07, 6.45) is 0. The maximum Gasteiger partial charge on any atom is 0.224 e. The van der Waals surface area contributed by atoms with Gasteiger partial charge in [-0.2, -0.15) is 0 Å². The van der Waals surface area contributed by atoms with E-state index in [2.05, 4.69) is 4.98 Å². The highest BCUT2D eigenvalue weighted by Gasteiger charge is 2.10. The zero-order chi connectivity index (χ0) is 14.0. The van der Waals surface area contributed by atoms with Crippen LogP contribution in [0, 0.1) is 13.8 Å². The standard InChI is InChI=1S/C14H14Cl2N2O/c1-8-5-9(2)18-14(11(8)7-17)19-10-3-4-12(15)13(16)6-10/h3-6H,7,17H2,1-2H3. The second-order valence-electron chi connectivity index (χ2n) is 4.25. The molecule has 1 aromatic heterocycles. The minimum Gasteiger partial charge on any atom is -0.439 e. The van der Waals surface area contributed by atoms with Gasteiger partial charge in [0, 0.05) is 23.9 Å². The zero-order valence-electron chi connectivity index (χ0n) is 10.7. The van der Waals surface area contributed by atoms with Crippen LogP contribution < -0.4 is 10.5 Å². The minimum absolute atomic E-state index is 0.371. The summed E-state index contributed by atoms with van der Waals surface area (Å²) in [6.45, 7) is 4.27. The van der Waals surface area contributed by atoms with Gasteiger partial charge in [0.05, 0.1) is 10.0 Å². The molecule has 0 aliphatic heterocycles. The van der Waals surface area contributed by atoms with E-state index in [4.69, 9.17) is 33.7 Å². The molecule has 1 heterocycles. The second-order valence-corrected chi connectivity index (χ2v) is 5.06. The fraction of sp³-hybridized carbons (Fsp3) is 0.214. The first kappa shape index (κ1) is 14.1. The molecule has 0 saturated carbocycles. The van der Waals surface area contributed by atoms with Crippen LogP contribution in [0.25, 0.3) is 0 Å². The Morgan fingerprint density at radius 1 is 1.16 bits per heavy atom. The predicted molar refractivity (Wildman–Crippen MR) is 78.1 cm³/mol. The highest BCUT2D eigenvalue weighted by molar-refractivity contribution is 6.42. The SMILES string of the molecule is Cc1cc(C)c(CN)c(Oc2ccc(Cl)c(Cl)c2)n1. The number of pyridine rings is 1. The van der Waals surface area contributed by atoms with Crippen LogP contribution in [-0.4, -0.2) is 4.98 Å². The summed E-state index contributed by atoms with van der Waals surface area (Å²) in [6, 6.07) is 7.06. The molecule has 0 spiro atoms. The van der Waals surface area contributed by atoms with Crippen molar-refractivity contribution in [1.82, 2.24) is 4.98 Å². The van der Waals surface area contributed by atoms with Gasteiger partial charge in [-0.15, -0.1) is 0 Å². The number of rotatable bonds is 3. The van der Waals surface area contributed by atoms with Gasteiger partial charge in [-0.3, -0.25) is 0 Å². The van der Waals surface area contributed by atoms with E-state index < -0.39 is 0 Å². The van der Waals surface area contributed by atoms with Crippen molar-refractivity contribution in [3.05, 3.63) is 51.1 Å². The van der Waals surface area contributed by atoms with Crippen molar-refractivity contribution in [3.8, 4) is 11.6 Å². The van der Waals surface area contributed by atoms with Gasteiger partial charge in [0.1, 0.15) is 5.75 Å². The molecule has 0 bridgehead atoms. The van der Waals surface area contributed by atoms with Gasteiger partial charge < -0.3 is 10.5 Å². The molecule has 100 valence electrons. The smallest absolute Gasteiger partial charge is 0.224 e. The van der Waals surface area contributed by atoms with Crippen LogP contribution in [-0.2, 0) is 6.54 Å². The first-order chi connectivity index (χ1) is 9.01. The molecule has 0 atom stereocenters. The van der Waals surface area contributed by atoms with Crippen molar-refractivity contribution in [1.29, 1.82) is 0 Å². The van der Waals surface area contributed by atoms with Crippen LogP contribution in [0.4, 0.5) is 0 Å². The Balaban J connectivity index is 2.39. The number of nitrogens with two attached hydrogens (primary N) is 1. The van der Waals surface area contributed by atoms with Crippen molar-refractivity contribution < 1.29 is 4.74 Å². The van der Waals surface area contributed by atoms with Gasteiger partial charge in [0.2, 0.25) is 5.88 Å². The van der Waals surface area contributed by atoms with E-state index in [1.165, 1.54) is 0 Å². The number of nitrogens with zero attached hydrogens (tertiary/aromatic N) is 1. The first-order valence-corrected chi connectivity index (χ1v) is 6.57. The number of ether oxygens (including phenoxy) is 1. The largest absolute Gasteiger partial charge is 0.439 e. The van der Waals surface area contributed by atoms with Crippen LogP contribution in [0.1, 0.15) is 16.8 Å². The Morgan fingerprint density at radius 2 is 1.89 bits per heavy atom. The number of hydrogen-bond donors (Lipinski definition) is 1. The Bertz CT molecular complexity index is 615. The first-order valence-electron chi connectivity index (χ1n) is 5.81. The average Bonchev–Trinajstić information content (AvgIpc) is 2.33. The van der Waals surface area contributed by atoms with Crippen molar-refractivity contribution in [2.24, 2.45) is 5.73 Å². The van der Waals surface area contributed by atoms with Crippen molar-refractivity contribution in [2.45, 2.75) is 20.4 Å². The highest BCUT2D eigenvalue weighted by Crippen LogP contribution is 2.31. The topological polar surface area (TPSA) is 48.1 Å². The van der Waals surface area contributed by atoms with Crippen molar-refractivity contribution in [3.63, 3.8) is 0 Å². The lowest BCUT2D eigenvalue weighted by molar-refractivity contribution is 0.454. The molecule has 2 aromatic rings. The Hall–Kier alpha value is -1.29. The fourth-order valence-electron chi connectivity index (χ4n) is 1.81. The molecule has 0 amide bonds. The van der Waals surface area contributed by atoms with Gasteiger partial charge in [-0.25, -0.2) is 4.98 Å². The molecule has 0 aliphatic rings. The summed E-state index contributed by atoms with van der Waals surface area (Å²) in [5, 5.41) is 0.930. The number of aryl methyl sites for hydroxylation is 2. The molecule has 0 radical (unpaired) electrons. The van der Waals surface area contributed by atoms with E-state index in [9.17, 15) is 0 Å². The lowest BCUT2D eigenvalue weighted by atomic mass is 10.1. The highest BCUT2D eigenvalue weighted by atomic mass is 35.5. The lowest BCUT2D eigenvalue weighted by Gasteiger charge is -2.12. The maximum absolute atomic E-state index is 5.96. The third kappa shape index (κ3) is 3.18. The zero-order valence-corrected chi connectivity index (χ0v) is 12.2. The minimum atomic E-state index is 0.371. The summed E-state index contributed by atoms with van der Waals surface area (Å²) < 4.78 is 5.76. The van der Waals surface area contributed by atoms with Crippen LogP contribution in [0.3, 0.4) is 0 Å². The molecule has 0 aliphatic carbocycles. The van der Waals surface area contributed by atoms with Gasteiger partial charge in [0.15, 0.2) is 0 Å². The Kier molecular flexibility index (Phi) is 4.30. The normalized spacial score (nSPS) is 10.6. The molecule has 3 nitrogen and oxygen atoms in total. The molecule has 19 heavy (non-hydrogen) atoms. The van der Waals surface area contributed by atoms with Gasteiger partial charge >= 0.3 is 0 Å². The molecule has 2 rings (SSSR count). The monoisotopic (exact) mass is 296 g/mol. The van der Waals surface area contributed by atoms with E-state index in [1.807, 2.05) is 19.9 Å². The average molecular weight is 297 g/mol.